The van der Waals surface area contributed by atoms with Crippen molar-refractivity contribution < 1.29 is 13.2 Å². The van der Waals surface area contributed by atoms with Gasteiger partial charge in [-0.25, -0.2) is 8.42 Å². The van der Waals surface area contributed by atoms with Gasteiger partial charge in [0, 0.05) is 42.4 Å². The van der Waals surface area contributed by atoms with Crippen LogP contribution in [0.2, 0.25) is 5.02 Å². The molecule has 0 aliphatic heterocycles. The van der Waals surface area contributed by atoms with Crippen LogP contribution in [0.25, 0.3) is 21.7 Å². The van der Waals surface area contributed by atoms with Gasteiger partial charge in [-0.05, 0) is 53.6 Å². The molecule has 0 atom stereocenters. The maximum absolute atomic E-state index is 12.9. The molecule has 0 bridgehead atoms. The van der Waals surface area contributed by atoms with Gasteiger partial charge in [0.05, 0.1) is 17.0 Å². The van der Waals surface area contributed by atoms with Gasteiger partial charge in [-0.15, -0.1) is 0 Å². The molecule has 176 valence electrons. The molecule has 1 aromatic heterocycles. The average molecular weight is 497 g/mol. The van der Waals surface area contributed by atoms with Crippen LogP contribution in [0.5, 0.6) is 0 Å². The molecular formula is C25H25ClN4O3S. The van der Waals surface area contributed by atoms with Crippen molar-refractivity contribution in [2.24, 2.45) is 0 Å². The second-order valence-corrected chi connectivity index (χ2v) is 10.4. The molecule has 7 nitrogen and oxygen atoms in total. The summed E-state index contributed by atoms with van der Waals surface area (Å²) in [4.78, 5) is 16.8. The Hall–Kier alpha value is -3.20. The van der Waals surface area contributed by atoms with Crippen molar-refractivity contribution in [3.05, 3.63) is 77.9 Å². The third-order valence-corrected chi connectivity index (χ3v) is 7.53. The molecule has 0 spiro atoms. The molecule has 9 heteroatoms. The normalized spacial score (nSPS) is 11.7. The van der Waals surface area contributed by atoms with Crippen LogP contribution in [0, 0.1) is 0 Å². The van der Waals surface area contributed by atoms with Gasteiger partial charge in [-0.1, -0.05) is 41.9 Å². The lowest BCUT2D eigenvalue weighted by molar-refractivity contribution is -0.121. The van der Waals surface area contributed by atoms with E-state index in [1.807, 2.05) is 48.5 Å². The quantitative estimate of drug-likeness (QED) is 0.337. The van der Waals surface area contributed by atoms with Crippen molar-refractivity contribution >= 4 is 54.9 Å². The second kappa shape index (κ2) is 10.4. The van der Waals surface area contributed by atoms with Crippen molar-refractivity contribution in [3.8, 4) is 0 Å². The van der Waals surface area contributed by atoms with Gasteiger partial charge in [-0.3, -0.25) is 9.78 Å². The van der Waals surface area contributed by atoms with E-state index in [0.717, 1.165) is 31.7 Å². The maximum atomic E-state index is 12.9. The number of likely N-dealkylation sites (N-methyl/N-ethyl adjacent to an activating group) is 1. The number of anilines is 1. The molecule has 3 aromatic carbocycles. The van der Waals surface area contributed by atoms with E-state index in [-0.39, 0.29) is 17.3 Å². The monoisotopic (exact) mass is 496 g/mol. The van der Waals surface area contributed by atoms with Crippen LogP contribution >= 0.6 is 11.6 Å². The van der Waals surface area contributed by atoms with Crippen molar-refractivity contribution in [2.45, 2.75) is 11.3 Å². The lowest BCUT2D eigenvalue weighted by atomic mass is 10.1. The number of halogens is 1. The van der Waals surface area contributed by atoms with Gasteiger partial charge in [0.1, 0.15) is 0 Å². The Labute approximate surface area is 203 Å². The van der Waals surface area contributed by atoms with Crippen molar-refractivity contribution in [3.63, 3.8) is 0 Å². The number of hydrogen-bond donors (Lipinski definition) is 2. The van der Waals surface area contributed by atoms with Gasteiger partial charge in [0.25, 0.3) is 0 Å². The van der Waals surface area contributed by atoms with E-state index in [9.17, 15) is 13.2 Å². The molecule has 0 aliphatic carbocycles. The zero-order valence-electron chi connectivity index (χ0n) is 18.7. The number of carbonyl (C=O) groups excluding carboxylic acids is 1. The summed E-state index contributed by atoms with van der Waals surface area (Å²) in [6.07, 6.45) is 2.39. The molecule has 2 N–H and O–H groups in total. The first-order chi connectivity index (χ1) is 16.3. The Morgan fingerprint density at radius 1 is 1.00 bits per heavy atom. The Kier molecular flexibility index (Phi) is 7.31. The van der Waals surface area contributed by atoms with E-state index < -0.39 is 10.0 Å². The summed E-state index contributed by atoms with van der Waals surface area (Å²) in [6.45, 7) is 0.802. The van der Waals surface area contributed by atoms with E-state index in [1.54, 1.807) is 24.4 Å². The fraction of sp³-hybridized carbons (Fsp3) is 0.200. The average Bonchev–Trinajstić information content (AvgIpc) is 2.83. The van der Waals surface area contributed by atoms with Gasteiger partial charge in [-0.2, -0.15) is 4.31 Å². The molecule has 4 rings (SSSR count). The van der Waals surface area contributed by atoms with Crippen LogP contribution in [0.3, 0.4) is 0 Å². The number of carbonyl (C=O) groups is 1. The topological polar surface area (TPSA) is 91.4 Å². The number of amides is 1. The summed E-state index contributed by atoms with van der Waals surface area (Å²) >= 11 is 6.03. The van der Waals surface area contributed by atoms with Gasteiger partial charge < -0.3 is 10.6 Å². The molecule has 0 aliphatic rings. The lowest BCUT2D eigenvalue weighted by Crippen LogP contribution is -2.38. The fourth-order valence-electron chi connectivity index (χ4n) is 3.67. The number of nitrogens with one attached hydrogen (secondary N) is 2. The van der Waals surface area contributed by atoms with E-state index in [1.165, 1.54) is 7.05 Å². The molecule has 0 fully saturated rings. The minimum Gasteiger partial charge on any atom is -0.384 e. The van der Waals surface area contributed by atoms with Crippen molar-refractivity contribution in [2.75, 3.05) is 32.0 Å². The highest BCUT2D eigenvalue weighted by molar-refractivity contribution is 7.89. The number of sulfonamides is 1. The molecule has 0 unspecified atom stereocenters. The minimum absolute atomic E-state index is 0.163. The van der Waals surface area contributed by atoms with Crippen molar-refractivity contribution in [1.29, 1.82) is 0 Å². The predicted molar refractivity (Wildman–Crippen MR) is 137 cm³/mol. The highest BCUT2D eigenvalue weighted by Crippen LogP contribution is 2.24. The van der Waals surface area contributed by atoms with Crippen LogP contribution in [0.15, 0.2) is 77.8 Å². The number of benzene rings is 3. The molecule has 1 amide bonds. The predicted octanol–water partition coefficient (Wildman–Crippen LogP) is 4.28. The summed E-state index contributed by atoms with van der Waals surface area (Å²) in [6, 6.07) is 19.9. The third-order valence-electron chi connectivity index (χ3n) is 5.49. The van der Waals surface area contributed by atoms with E-state index in [2.05, 4.69) is 15.6 Å². The molecule has 4 aromatic rings. The molecule has 34 heavy (non-hydrogen) atoms. The smallest absolute Gasteiger partial charge is 0.243 e. The standard InChI is InChI=1S/C25H25ClN4O3S/c1-30(34(32,33)21-9-7-18-5-2-3-6-19(18)15-21)17-25(31)29-13-4-12-27-23-11-14-28-24-16-20(26)8-10-22(23)24/h2-3,5-11,14-16H,4,12-13,17H2,1H3,(H,27,28)(H,29,31). The van der Waals surface area contributed by atoms with Crippen molar-refractivity contribution in [1.82, 2.24) is 14.6 Å². The Morgan fingerprint density at radius 3 is 2.62 bits per heavy atom. The van der Waals surface area contributed by atoms with Gasteiger partial charge in [0.2, 0.25) is 15.9 Å². The second-order valence-electron chi connectivity index (χ2n) is 7.92. The molecular weight excluding hydrogens is 472 g/mol. The zero-order valence-corrected chi connectivity index (χ0v) is 20.2. The highest BCUT2D eigenvalue weighted by atomic mass is 35.5. The van der Waals surface area contributed by atoms with Gasteiger partial charge >= 0.3 is 0 Å². The summed E-state index contributed by atoms with van der Waals surface area (Å²) in [5.74, 6) is -0.351. The lowest BCUT2D eigenvalue weighted by Gasteiger charge is -2.17. The summed E-state index contributed by atoms with van der Waals surface area (Å²) in [7, 11) is -2.37. The van der Waals surface area contributed by atoms with E-state index >= 15 is 0 Å². The number of aromatic nitrogens is 1. The first-order valence-corrected chi connectivity index (χ1v) is 12.7. The van der Waals surface area contributed by atoms with Crippen LogP contribution in [0.1, 0.15) is 6.42 Å². The Morgan fingerprint density at radius 2 is 1.79 bits per heavy atom. The molecule has 0 saturated heterocycles. The van der Waals surface area contributed by atoms with E-state index in [4.69, 9.17) is 11.6 Å². The molecule has 0 radical (unpaired) electrons. The first kappa shape index (κ1) is 23.9. The Balaban J connectivity index is 1.26. The van der Waals surface area contributed by atoms with Crippen LogP contribution in [-0.2, 0) is 14.8 Å². The van der Waals surface area contributed by atoms with Gasteiger partial charge in [0.15, 0.2) is 0 Å². The first-order valence-electron chi connectivity index (χ1n) is 10.8. The van der Waals surface area contributed by atoms with Crippen LogP contribution in [0.4, 0.5) is 5.69 Å². The number of fused-ring (bicyclic) bond motifs is 2. The largest absolute Gasteiger partial charge is 0.384 e. The number of hydrogen-bond acceptors (Lipinski definition) is 5. The maximum Gasteiger partial charge on any atom is 0.243 e. The number of pyridine rings is 1. The van der Waals surface area contributed by atoms with Crippen LogP contribution < -0.4 is 10.6 Å². The number of nitrogens with zero attached hydrogens (tertiary/aromatic N) is 2. The van der Waals surface area contributed by atoms with E-state index in [0.29, 0.717) is 24.5 Å². The highest BCUT2D eigenvalue weighted by Gasteiger charge is 2.23. The van der Waals surface area contributed by atoms with Crippen LogP contribution in [-0.4, -0.2) is 50.3 Å². The minimum atomic E-state index is -3.78. The zero-order chi connectivity index (χ0) is 24.1. The third kappa shape index (κ3) is 5.47. The summed E-state index contributed by atoms with van der Waals surface area (Å²) < 4.78 is 26.9. The SMILES string of the molecule is CN(CC(=O)NCCCNc1ccnc2cc(Cl)ccc12)S(=O)(=O)c1ccc2ccccc2c1. The number of rotatable bonds is 9. The molecule has 0 saturated carbocycles. The summed E-state index contributed by atoms with van der Waals surface area (Å²) in [5.41, 5.74) is 1.75. The Bertz CT molecular complexity index is 1440. The molecule has 1 heterocycles. The fourth-order valence-corrected chi connectivity index (χ4v) is 4.99. The summed E-state index contributed by atoms with van der Waals surface area (Å²) in [5, 5.41) is 9.51.